The number of hydrogen-bond donors (Lipinski definition) is 1. The Bertz CT molecular complexity index is 828. The van der Waals surface area contributed by atoms with Crippen molar-refractivity contribution in [3.05, 3.63) is 63.0 Å². The highest BCUT2D eigenvalue weighted by molar-refractivity contribution is 9.10. The maximum atomic E-state index is 13.2. The number of ether oxygens (including phenoxy) is 1. The van der Waals surface area contributed by atoms with Crippen LogP contribution in [0, 0.1) is 5.92 Å². The molecule has 1 aliphatic rings. The summed E-state index contributed by atoms with van der Waals surface area (Å²) in [5, 5.41) is 3.13. The van der Waals surface area contributed by atoms with Crippen molar-refractivity contribution in [3.63, 3.8) is 0 Å². The number of methoxy groups -OCH3 is 1. The first kappa shape index (κ1) is 21.2. The number of allylic oxidation sites excluding steroid dienone is 4. The van der Waals surface area contributed by atoms with Crippen LogP contribution in [0.15, 0.2) is 63.0 Å². The Morgan fingerprint density at radius 3 is 2.37 bits per heavy atom. The first-order valence-corrected chi connectivity index (χ1v) is 9.80. The van der Waals surface area contributed by atoms with Crippen molar-refractivity contribution in [2.24, 2.45) is 5.92 Å². The summed E-state index contributed by atoms with van der Waals surface area (Å²) in [5.74, 6) is -0.317. The van der Waals surface area contributed by atoms with Crippen molar-refractivity contribution in [1.29, 1.82) is 0 Å². The summed E-state index contributed by atoms with van der Waals surface area (Å²) >= 11 is 3.39. The quantitative estimate of drug-likeness (QED) is 0.452. The minimum Gasteiger partial charge on any atom is -0.492 e. The van der Waals surface area contributed by atoms with E-state index in [4.69, 9.17) is 4.74 Å². The molecule has 0 fully saturated rings. The third-order valence-corrected chi connectivity index (χ3v) is 5.13. The lowest BCUT2D eigenvalue weighted by atomic mass is 9.83. The van der Waals surface area contributed by atoms with Gasteiger partial charge in [0.1, 0.15) is 0 Å². The summed E-state index contributed by atoms with van der Waals surface area (Å²) in [6.45, 7) is 7.72. The average molecular weight is 432 g/mol. The summed E-state index contributed by atoms with van der Waals surface area (Å²) in [6, 6.07) is 7.48. The molecule has 1 N–H and O–H groups in total. The van der Waals surface area contributed by atoms with Crippen molar-refractivity contribution >= 4 is 33.2 Å². The number of rotatable bonds is 7. The lowest BCUT2D eigenvalue weighted by molar-refractivity contribution is -0.119. The molecule has 1 aromatic rings. The van der Waals surface area contributed by atoms with Crippen LogP contribution in [-0.2, 0) is 14.3 Å². The number of anilines is 1. The SMILES string of the molecule is COC1=C(C(C)CCC=C(C)C)C(=O)C(Nc2ccc(Br)cc2)=C(C)C1=O. The average Bonchev–Trinajstić information content (AvgIpc) is 2.62. The minimum absolute atomic E-state index is 0.0817. The Kier molecular flexibility index (Phi) is 7.19. The summed E-state index contributed by atoms with van der Waals surface area (Å²) in [4.78, 5) is 26.0. The van der Waals surface area contributed by atoms with Crippen LogP contribution >= 0.6 is 15.9 Å². The predicted octanol–water partition coefficient (Wildman–Crippen LogP) is 5.57. The van der Waals surface area contributed by atoms with Crippen LogP contribution in [0.5, 0.6) is 0 Å². The molecule has 1 aromatic carbocycles. The van der Waals surface area contributed by atoms with E-state index in [1.165, 1.54) is 12.7 Å². The Morgan fingerprint density at radius 1 is 1.19 bits per heavy atom. The van der Waals surface area contributed by atoms with Crippen molar-refractivity contribution in [1.82, 2.24) is 0 Å². The van der Waals surface area contributed by atoms with E-state index >= 15 is 0 Å². The topological polar surface area (TPSA) is 55.4 Å². The number of halogens is 1. The monoisotopic (exact) mass is 431 g/mol. The highest BCUT2D eigenvalue weighted by Crippen LogP contribution is 2.32. The predicted molar refractivity (Wildman–Crippen MR) is 112 cm³/mol. The van der Waals surface area contributed by atoms with Gasteiger partial charge in [-0.15, -0.1) is 0 Å². The van der Waals surface area contributed by atoms with Gasteiger partial charge in [0, 0.05) is 15.7 Å². The second kappa shape index (κ2) is 9.18. The van der Waals surface area contributed by atoms with Gasteiger partial charge in [-0.3, -0.25) is 9.59 Å². The van der Waals surface area contributed by atoms with Crippen LogP contribution in [0.25, 0.3) is 0 Å². The summed E-state index contributed by atoms with van der Waals surface area (Å²) in [5.41, 5.74) is 3.15. The lowest BCUT2D eigenvalue weighted by Gasteiger charge is -2.25. The van der Waals surface area contributed by atoms with Crippen LogP contribution in [0.4, 0.5) is 5.69 Å². The third kappa shape index (κ3) is 4.98. The zero-order valence-electron chi connectivity index (χ0n) is 16.5. The molecule has 0 amide bonds. The standard InChI is InChI=1S/C22H26BrNO3/c1-13(2)7-6-8-14(3)18-21(26)19(15(4)20(25)22(18)27-5)24-17-11-9-16(23)10-12-17/h7,9-12,14,24H,6,8H2,1-5H3. The molecule has 0 bridgehead atoms. The van der Waals surface area contributed by atoms with E-state index < -0.39 is 0 Å². The number of carbonyl (C=O) groups excluding carboxylic acids is 2. The molecular weight excluding hydrogens is 406 g/mol. The van der Waals surface area contributed by atoms with E-state index in [1.54, 1.807) is 6.92 Å². The summed E-state index contributed by atoms with van der Waals surface area (Å²) in [6.07, 6.45) is 3.77. The van der Waals surface area contributed by atoms with Crippen LogP contribution in [0.3, 0.4) is 0 Å². The highest BCUT2D eigenvalue weighted by atomic mass is 79.9. The van der Waals surface area contributed by atoms with Gasteiger partial charge in [0.05, 0.1) is 18.4 Å². The van der Waals surface area contributed by atoms with E-state index in [-0.39, 0.29) is 23.2 Å². The molecule has 27 heavy (non-hydrogen) atoms. The fourth-order valence-electron chi connectivity index (χ4n) is 3.06. The molecule has 1 unspecified atom stereocenters. The molecule has 5 heteroatoms. The molecule has 0 aromatic heterocycles. The number of carbonyl (C=O) groups is 2. The Balaban J connectivity index is 2.34. The first-order valence-electron chi connectivity index (χ1n) is 9.00. The molecule has 0 saturated carbocycles. The van der Waals surface area contributed by atoms with E-state index in [0.29, 0.717) is 16.8 Å². The van der Waals surface area contributed by atoms with Gasteiger partial charge in [0.2, 0.25) is 11.6 Å². The van der Waals surface area contributed by atoms with Gasteiger partial charge in [0.25, 0.3) is 0 Å². The molecular formula is C22H26BrNO3. The number of benzene rings is 1. The molecule has 0 saturated heterocycles. The van der Waals surface area contributed by atoms with Crippen molar-refractivity contribution in [3.8, 4) is 0 Å². The van der Waals surface area contributed by atoms with E-state index in [9.17, 15) is 9.59 Å². The van der Waals surface area contributed by atoms with Gasteiger partial charge >= 0.3 is 0 Å². The molecule has 0 radical (unpaired) electrons. The first-order chi connectivity index (χ1) is 12.8. The molecule has 2 rings (SSSR count). The van der Waals surface area contributed by atoms with Crippen molar-refractivity contribution in [2.45, 2.75) is 40.5 Å². The van der Waals surface area contributed by atoms with Crippen LogP contribution in [-0.4, -0.2) is 18.7 Å². The lowest BCUT2D eigenvalue weighted by Crippen LogP contribution is -2.30. The van der Waals surface area contributed by atoms with Crippen molar-refractivity contribution < 1.29 is 14.3 Å². The van der Waals surface area contributed by atoms with Gasteiger partial charge in [-0.05, 0) is 63.8 Å². The summed E-state index contributed by atoms with van der Waals surface area (Å²) in [7, 11) is 1.45. The molecule has 0 aliphatic heterocycles. The van der Waals surface area contributed by atoms with Crippen molar-refractivity contribution in [2.75, 3.05) is 12.4 Å². The Morgan fingerprint density at radius 2 is 1.81 bits per heavy atom. The maximum Gasteiger partial charge on any atom is 0.225 e. The van der Waals surface area contributed by atoms with Gasteiger partial charge in [0.15, 0.2) is 5.76 Å². The zero-order chi connectivity index (χ0) is 20.1. The second-order valence-electron chi connectivity index (χ2n) is 7.00. The number of nitrogens with one attached hydrogen (secondary N) is 1. The van der Waals surface area contributed by atoms with Gasteiger partial charge < -0.3 is 10.1 Å². The molecule has 0 heterocycles. The second-order valence-corrected chi connectivity index (χ2v) is 7.91. The molecule has 4 nitrogen and oxygen atoms in total. The third-order valence-electron chi connectivity index (χ3n) is 4.60. The smallest absolute Gasteiger partial charge is 0.225 e. The van der Waals surface area contributed by atoms with Crippen LogP contribution in [0.2, 0.25) is 0 Å². The fraction of sp³-hybridized carbons (Fsp3) is 0.364. The Hall–Kier alpha value is -2.14. The van der Waals surface area contributed by atoms with Crippen LogP contribution in [0.1, 0.15) is 40.5 Å². The maximum absolute atomic E-state index is 13.2. The minimum atomic E-state index is -0.235. The van der Waals surface area contributed by atoms with Crippen LogP contribution < -0.4 is 5.32 Å². The summed E-state index contributed by atoms with van der Waals surface area (Å²) < 4.78 is 6.29. The van der Waals surface area contributed by atoms with E-state index in [2.05, 4.69) is 27.3 Å². The highest BCUT2D eigenvalue weighted by Gasteiger charge is 2.36. The van der Waals surface area contributed by atoms with Gasteiger partial charge in [-0.1, -0.05) is 34.5 Å². The molecule has 1 atom stereocenters. The molecule has 1 aliphatic carbocycles. The Labute approximate surface area is 169 Å². The fourth-order valence-corrected chi connectivity index (χ4v) is 3.32. The van der Waals surface area contributed by atoms with Gasteiger partial charge in [-0.2, -0.15) is 0 Å². The van der Waals surface area contributed by atoms with E-state index in [0.717, 1.165) is 23.0 Å². The number of ketones is 2. The zero-order valence-corrected chi connectivity index (χ0v) is 18.1. The van der Waals surface area contributed by atoms with Gasteiger partial charge in [-0.25, -0.2) is 0 Å². The number of hydrogen-bond acceptors (Lipinski definition) is 4. The molecule has 0 spiro atoms. The normalized spacial score (nSPS) is 15.8. The molecule has 144 valence electrons. The number of Topliss-reactive ketones (excluding diaryl/α,β-unsaturated/α-hetero) is 2. The largest absolute Gasteiger partial charge is 0.492 e. The van der Waals surface area contributed by atoms with E-state index in [1.807, 2.05) is 45.0 Å².